The van der Waals surface area contributed by atoms with Gasteiger partial charge in [-0.3, -0.25) is 4.79 Å². The third-order valence-corrected chi connectivity index (χ3v) is 5.86. The van der Waals surface area contributed by atoms with Crippen LogP contribution in [0.3, 0.4) is 0 Å². The van der Waals surface area contributed by atoms with Gasteiger partial charge in [0.1, 0.15) is 0 Å². The van der Waals surface area contributed by atoms with Gasteiger partial charge in [0.25, 0.3) is 5.91 Å². The van der Waals surface area contributed by atoms with E-state index in [-0.39, 0.29) is 5.91 Å². The number of hydrogen-bond donors (Lipinski definition) is 3. The Kier molecular flexibility index (Phi) is 6.32. The first-order chi connectivity index (χ1) is 14.5. The SMILES string of the molecule is CN1C(=O)C(NC(=S)NC2CCNCC2)N=C(c2ccccc2)c2cc(Cl)ccc21. The molecule has 8 heteroatoms. The van der Waals surface area contributed by atoms with Gasteiger partial charge in [-0.2, -0.15) is 0 Å². The van der Waals surface area contributed by atoms with Gasteiger partial charge in [-0.1, -0.05) is 41.9 Å². The molecule has 0 radical (unpaired) electrons. The Morgan fingerprint density at radius 1 is 1.17 bits per heavy atom. The molecule has 30 heavy (non-hydrogen) atoms. The Morgan fingerprint density at radius 3 is 2.63 bits per heavy atom. The van der Waals surface area contributed by atoms with Crippen LogP contribution in [0.25, 0.3) is 0 Å². The van der Waals surface area contributed by atoms with Gasteiger partial charge in [0.05, 0.1) is 11.4 Å². The van der Waals surface area contributed by atoms with Crippen LogP contribution in [0.5, 0.6) is 0 Å². The maximum Gasteiger partial charge on any atom is 0.272 e. The molecule has 0 spiro atoms. The van der Waals surface area contributed by atoms with E-state index >= 15 is 0 Å². The summed E-state index contributed by atoms with van der Waals surface area (Å²) < 4.78 is 0. The Hall–Kier alpha value is -2.48. The normalized spacial score (nSPS) is 19.5. The number of carbonyl (C=O) groups excluding carboxylic acids is 1. The lowest BCUT2D eigenvalue weighted by Gasteiger charge is -2.27. The van der Waals surface area contributed by atoms with Crippen molar-refractivity contribution in [3.63, 3.8) is 0 Å². The summed E-state index contributed by atoms with van der Waals surface area (Å²) in [6, 6.07) is 15.6. The molecule has 1 unspecified atom stereocenters. The maximum absolute atomic E-state index is 13.2. The molecule has 3 N–H and O–H groups in total. The highest BCUT2D eigenvalue weighted by Gasteiger charge is 2.31. The quantitative estimate of drug-likeness (QED) is 0.639. The molecule has 4 rings (SSSR count). The van der Waals surface area contributed by atoms with Crippen molar-refractivity contribution < 1.29 is 4.79 Å². The standard InChI is InChI=1S/C22H24ClN5OS/c1-28-18-8-7-15(23)13-17(18)19(14-5-3-2-4-6-14)26-20(21(28)29)27-22(30)25-16-9-11-24-12-10-16/h2-8,13,16,20,24H,9-12H2,1H3,(H2,25,27,30). The van der Waals surface area contributed by atoms with Gasteiger partial charge in [0, 0.05) is 29.2 Å². The van der Waals surface area contributed by atoms with Crippen LogP contribution in [0.2, 0.25) is 5.02 Å². The van der Waals surface area contributed by atoms with Gasteiger partial charge >= 0.3 is 0 Å². The summed E-state index contributed by atoms with van der Waals surface area (Å²) in [5, 5.41) is 10.8. The average Bonchev–Trinajstić information content (AvgIpc) is 2.85. The Bertz CT molecular complexity index is 975. The predicted octanol–water partition coefficient (Wildman–Crippen LogP) is 2.70. The van der Waals surface area contributed by atoms with Crippen molar-refractivity contribution in [2.24, 2.45) is 4.99 Å². The number of likely N-dealkylation sites (N-methyl/N-ethyl adjacent to an activating group) is 1. The van der Waals surface area contributed by atoms with Crippen LogP contribution >= 0.6 is 23.8 Å². The molecule has 2 heterocycles. The van der Waals surface area contributed by atoms with Crippen molar-refractivity contribution >= 4 is 46.2 Å². The summed E-state index contributed by atoms with van der Waals surface area (Å²) in [5.74, 6) is -0.182. The number of benzene rings is 2. The van der Waals surface area contributed by atoms with Crippen molar-refractivity contribution in [1.82, 2.24) is 16.0 Å². The minimum Gasteiger partial charge on any atom is -0.360 e. The highest BCUT2D eigenvalue weighted by atomic mass is 35.5. The maximum atomic E-state index is 13.2. The number of benzodiazepines with no additional fused rings is 1. The first kappa shape index (κ1) is 20.8. The van der Waals surface area contributed by atoms with Gasteiger partial charge in [-0.25, -0.2) is 4.99 Å². The summed E-state index contributed by atoms with van der Waals surface area (Å²) in [6.07, 6.45) is 1.14. The van der Waals surface area contributed by atoms with Crippen molar-refractivity contribution in [2.75, 3.05) is 25.0 Å². The van der Waals surface area contributed by atoms with Gasteiger partial charge in [-0.15, -0.1) is 0 Å². The van der Waals surface area contributed by atoms with E-state index in [9.17, 15) is 4.79 Å². The summed E-state index contributed by atoms with van der Waals surface area (Å²) in [7, 11) is 1.75. The van der Waals surface area contributed by atoms with E-state index in [0.717, 1.165) is 42.7 Å². The first-order valence-electron chi connectivity index (χ1n) is 10.0. The molecule has 1 atom stereocenters. The highest BCUT2D eigenvalue weighted by molar-refractivity contribution is 7.80. The summed E-state index contributed by atoms with van der Waals surface area (Å²) in [6.45, 7) is 1.91. The monoisotopic (exact) mass is 441 g/mol. The number of rotatable bonds is 3. The van der Waals surface area contributed by atoms with Crippen molar-refractivity contribution in [3.05, 3.63) is 64.7 Å². The Labute approximate surface area is 186 Å². The molecule has 1 saturated heterocycles. The number of hydrogen-bond acceptors (Lipinski definition) is 4. The second kappa shape index (κ2) is 9.12. The largest absolute Gasteiger partial charge is 0.360 e. The number of nitrogens with zero attached hydrogens (tertiary/aromatic N) is 2. The fourth-order valence-electron chi connectivity index (χ4n) is 3.78. The molecule has 0 aromatic heterocycles. The molecule has 156 valence electrons. The van der Waals surface area contributed by atoms with Crippen LogP contribution in [0.4, 0.5) is 5.69 Å². The summed E-state index contributed by atoms with van der Waals surface area (Å²) >= 11 is 11.8. The van der Waals surface area contributed by atoms with E-state index < -0.39 is 6.17 Å². The predicted molar refractivity (Wildman–Crippen MR) is 125 cm³/mol. The number of fused-ring (bicyclic) bond motifs is 1. The highest BCUT2D eigenvalue weighted by Crippen LogP contribution is 2.29. The molecule has 2 aromatic carbocycles. The Morgan fingerprint density at radius 2 is 1.90 bits per heavy atom. The number of piperidine rings is 1. The molecule has 1 fully saturated rings. The molecule has 1 amide bonds. The van der Waals surface area contributed by atoms with E-state index in [0.29, 0.717) is 21.9 Å². The van der Waals surface area contributed by atoms with Gasteiger partial charge in [0.2, 0.25) is 6.17 Å². The summed E-state index contributed by atoms with van der Waals surface area (Å²) in [5.41, 5.74) is 3.18. The second-order valence-corrected chi connectivity index (χ2v) is 8.29. The van der Waals surface area contributed by atoms with E-state index in [1.807, 2.05) is 42.5 Å². The van der Waals surface area contributed by atoms with E-state index in [1.54, 1.807) is 18.0 Å². The number of halogens is 1. The average molecular weight is 442 g/mol. The third kappa shape index (κ3) is 4.48. The number of amides is 1. The van der Waals surface area contributed by atoms with Crippen LogP contribution in [0.1, 0.15) is 24.0 Å². The molecule has 2 aliphatic heterocycles. The zero-order chi connectivity index (χ0) is 21.1. The van der Waals surface area contributed by atoms with Crippen LogP contribution in [-0.4, -0.2) is 49.1 Å². The molecule has 6 nitrogen and oxygen atoms in total. The van der Waals surface area contributed by atoms with Gasteiger partial charge in [-0.05, 0) is 56.3 Å². The molecule has 0 bridgehead atoms. The van der Waals surface area contributed by atoms with E-state index in [4.69, 9.17) is 28.8 Å². The van der Waals surface area contributed by atoms with Crippen molar-refractivity contribution in [1.29, 1.82) is 0 Å². The zero-order valence-electron chi connectivity index (χ0n) is 16.7. The fourth-order valence-corrected chi connectivity index (χ4v) is 4.23. The minimum absolute atomic E-state index is 0.182. The van der Waals surface area contributed by atoms with Crippen molar-refractivity contribution in [3.8, 4) is 0 Å². The zero-order valence-corrected chi connectivity index (χ0v) is 18.3. The van der Waals surface area contributed by atoms with Crippen molar-refractivity contribution in [2.45, 2.75) is 25.0 Å². The minimum atomic E-state index is -0.835. The number of anilines is 1. The topological polar surface area (TPSA) is 68.8 Å². The number of nitrogens with one attached hydrogen (secondary N) is 3. The lowest BCUT2D eigenvalue weighted by atomic mass is 10.0. The smallest absolute Gasteiger partial charge is 0.272 e. The summed E-state index contributed by atoms with van der Waals surface area (Å²) in [4.78, 5) is 19.6. The van der Waals surface area contributed by atoms with Crippen LogP contribution in [0, 0.1) is 0 Å². The van der Waals surface area contributed by atoms with Crippen LogP contribution < -0.4 is 20.9 Å². The molecular formula is C22H24ClN5OS. The third-order valence-electron chi connectivity index (χ3n) is 5.39. The van der Waals surface area contributed by atoms with Gasteiger partial charge in [0.15, 0.2) is 5.11 Å². The lowest BCUT2D eigenvalue weighted by molar-refractivity contribution is -0.119. The molecule has 2 aromatic rings. The fraction of sp³-hybridized carbons (Fsp3) is 0.318. The molecule has 0 aliphatic carbocycles. The lowest BCUT2D eigenvalue weighted by Crippen LogP contribution is -2.52. The van der Waals surface area contributed by atoms with Crippen LogP contribution in [-0.2, 0) is 4.79 Å². The number of carbonyl (C=O) groups is 1. The van der Waals surface area contributed by atoms with E-state index in [2.05, 4.69) is 16.0 Å². The van der Waals surface area contributed by atoms with Gasteiger partial charge < -0.3 is 20.9 Å². The van der Waals surface area contributed by atoms with Crippen LogP contribution in [0.15, 0.2) is 53.5 Å². The number of thiocarbonyl (C=S) groups is 1. The molecule has 0 saturated carbocycles. The molecule has 2 aliphatic rings. The molecular weight excluding hydrogens is 418 g/mol. The van der Waals surface area contributed by atoms with E-state index in [1.165, 1.54) is 0 Å². The second-order valence-electron chi connectivity index (χ2n) is 7.45. The first-order valence-corrected chi connectivity index (χ1v) is 10.8. The Balaban J connectivity index is 1.67. The number of aliphatic imine (C=N–C) groups is 1.